The van der Waals surface area contributed by atoms with Crippen molar-refractivity contribution >= 4 is 17.9 Å². The topological polar surface area (TPSA) is 129 Å². The molecule has 0 aromatic rings. The highest BCUT2D eigenvalue weighted by Gasteiger charge is 3.01. The minimum atomic E-state index is -1.97. The van der Waals surface area contributed by atoms with Gasteiger partial charge in [0, 0.05) is 6.42 Å². The van der Waals surface area contributed by atoms with Crippen molar-refractivity contribution in [1.29, 1.82) is 0 Å². The minimum Gasteiger partial charge on any atom is -0.459 e. The third-order valence-electron chi connectivity index (χ3n) is 8.97. The normalized spacial score (nSPS) is 59.2. The maximum atomic E-state index is 13.3. The molecule has 0 bridgehead atoms. The highest BCUT2D eigenvalue weighted by atomic mass is 16.8. The zero-order valence-electron chi connectivity index (χ0n) is 16.6. The van der Waals surface area contributed by atoms with Gasteiger partial charge in [-0.15, -0.1) is 0 Å². The molecule has 0 aromatic heterocycles. The summed E-state index contributed by atoms with van der Waals surface area (Å²) in [4.78, 5) is 38.1. The summed E-state index contributed by atoms with van der Waals surface area (Å²) in [7, 11) is 0. The summed E-state index contributed by atoms with van der Waals surface area (Å²) >= 11 is 0. The monoisotopic (exact) mass is 408 g/mol. The lowest BCUT2D eigenvalue weighted by atomic mass is 9.51. The molecular formula is C20H24O9. The van der Waals surface area contributed by atoms with Crippen LogP contribution in [0.3, 0.4) is 0 Å². The van der Waals surface area contributed by atoms with Crippen LogP contribution in [0.4, 0.5) is 0 Å². The standard InChI is InChI=1S/C20H24O9/c1-7-12(22)26-10-6-17-9-5-8(16(2,3)4)18(17)11(21)13(23)28-15(18)29-20(17,14(24)27-9)19(7,10)25/h7-11,15,21,25H,5-6H2,1-4H3/t7-,8-,9-,10+,11+,15+,17+,18-,19-,20-/m1/s1. The van der Waals surface area contributed by atoms with Gasteiger partial charge in [0.2, 0.25) is 11.9 Å². The fraction of sp³-hybridized carbons (Fsp3) is 0.850. The fourth-order valence-electron chi connectivity index (χ4n) is 8.06. The zero-order valence-corrected chi connectivity index (χ0v) is 16.6. The van der Waals surface area contributed by atoms with Crippen LogP contribution in [0.25, 0.3) is 0 Å². The Bertz CT molecular complexity index is 893. The molecule has 4 saturated heterocycles. The lowest BCUT2D eigenvalue weighted by Gasteiger charge is -2.46. The Morgan fingerprint density at radius 1 is 1.03 bits per heavy atom. The maximum Gasteiger partial charge on any atom is 0.342 e. The van der Waals surface area contributed by atoms with Gasteiger partial charge >= 0.3 is 17.9 Å². The second-order valence-electron chi connectivity index (χ2n) is 10.6. The van der Waals surface area contributed by atoms with Gasteiger partial charge in [0.1, 0.15) is 12.2 Å². The third kappa shape index (κ3) is 1.35. The molecule has 6 aliphatic rings. The fourth-order valence-corrected chi connectivity index (χ4v) is 8.06. The Morgan fingerprint density at radius 3 is 2.38 bits per heavy atom. The first kappa shape index (κ1) is 18.1. The Labute approximate surface area is 166 Å². The first-order valence-electron chi connectivity index (χ1n) is 10.1. The van der Waals surface area contributed by atoms with Crippen LogP contribution in [0.5, 0.6) is 0 Å². The average Bonchev–Trinajstić information content (AvgIpc) is 3.31. The van der Waals surface area contributed by atoms with Crippen LogP contribution in [0, 0.1) is 28.1 Å². The SMILES string of the molecule is C[C@@H]1C(=O)O[C@H]2C[C@]34[C@H]5C[C@H](C(C)(C)C)[C@@]36[C@@H](OC(=O)[C@@H]6O)O[C@@]4(C(=O)O5)[C@]21O. The van der Waals surface area contributed by atoms with Gasteiger partial charge < -0.3 is 29.2 Å². The lowest BCUT2D eigenvalue weighted by molar-refractivity contribution is -0.238. The van der Waals surface area contributed by atoms with Crippen molar-refractivity contribution in [3.63, 3.8) is 0 Å². The van der Waals surface area contributed by atoms with E-state index in [0.717, 1.165) is 0 Å². The van der Waals surface area contributed by atoms with Crippen LogP contribution in [0.2, 0.25) is 0 Å². The highest BCUT2D eigenvalue weighted by Crippen LogP contribution is 2.84. The second-order valence-corrected chi connectivity index (χ2v) is 10.6. The molecule has 0 unspecified atom stereocenters. The number of rotatable bonds is 0. The molecule has 0 aromatic carbocycles. The van der Waals surface area contributed by atoms with E-state index in [4.69, 9.17) is 18.9 Å². The lowest BCUT2D eigenvalue weighted by Crippen LogP contribution is -2.66. The second kappa shape index (κ2) is 4.48. The van der Waals surface area contributed by atoms with Crippen LogP contribution in [0.15, 0.2) is 0 Å². The van der Waals surface area contributed by atoms with Crippen molar-refractivity contribution in [2.45, 2.75) is 76.3 Å². The van der Waals surface area contributed by atoms with E-state index in [1.807, 2.05) is 20.8 Å². The number of carbonyl (C=O) groups is 3. The summed E-state index contributed by atoms with van der Waals surface area (Å²) in [5.41, 5.74) is -6.81. The number of esters is 3. The van der Waals surface area contributed by atoms with Crippen molar-refractivity contribution in [2.75, 3.05) is 0 Å². The third-order valence-corrected chi connectivity index (χ3v) is 8.97. The zero-order chi connectivity index (χ0) is 20.9. The number of aliphatic hydroxyl groups is 2. The number of carbonyl (C=O) groups excluding carboxylic acids is 3. The Balaban J connectivity index is 1.68. The van der Waals surface area contributed by atoms with Gasteiger partial charge in [-0.05, 0) is 24.7 Å². The molecule has 4 heterocycles. The molecule has 9 heteroatoms. The molecule has 10 atom stereocenters. The molecule has 2 spiro atoms. The summed E-state index contributed by atoms with van der Waals surface area (Å²) in [6.45, 7) is 7.47. The first-order valence-corrected chi connectivity index (χ1v) is 10.1. The molecule has 9 nitrogen and oxygen atoms in total. The summed E-state index contributed by atoms with van der Waals surface area (Å²) in [5, 5.41) is 23.0. The Hall–Kier alpha value is -1.71. The van der Waals surface area contributed by atoms with Gasteiger partial charge in [0.25, 0.3) is 0 Å². The Morgan fingerprint density at radius 2 is 1.72 bits per heavy atom. The van der Waals surface area contributed by atoms with Gasteiger partial charge in [-0.2, -0.15) is 0 Å². The Kier molecular flexibility index (Phi) is 2.79. The van der Waals surface area contributed by atoms with Gasteiger partial charge in [-0.1, -0.05) is 20.8 Å². The summed E-state index contributed by atoms with van der Waals surface area (Å²) in [5.74, 6) is -3.52. The molecule has 2 saturated carbocycles. The molecule has 2 N–H and O–H groups in total. The molecule has 158 valence electrons. The predicted octanol–water partition coefficient (Wildman–Crippen LogP) is -0.340. The number of fused-ring (bicyclic) bond motifs is 1. The van der Waals surface area contributed by atoms with Crippen molar-refractivity contribution in [3.05, 3.63) is 0 Å². The van der Waals surface area contributed by atoms with E-state index >= 15 is 0 Å². The molecule has 4 aliphatic heterocycles. The van der Waals surface area contributed by atoms with E-state index in [1.165, 1.54) is 6.92 Å². The summed E-state index contributed by atoms with van der Waals surface area (Å²) in [6.07, 6.45) is -3.96. The van der Waals surface area contributed by atoms with Gasteiger partial charge in [-0.3, -0.25) is 4.79 Å². The maximum absolute atomic E-state index is 13.3. The predicted molar refractivity (Wildman–Crippen MR) is 90.6 cm³/mol. The number of ether oxygens (including phenoxy) is 4. The quantitative estimate of drug-likeness (QED) is 0.408. The van der Waals surface area contributed by atoms with Crippen molar-refractivity contribution in [3.8, 4) is 0 Å². The van der Waals surface area contributed by atoms with E-state index in [0.29, 0.717) is 6.42 Å². The van der Waals surface area contributed by atoms with Gasteiger partial charge in [0.05, 0.1) is 16.7 Å². The van der Waals surface area contributed by atoms with Crippen molar-refractivity contribution < 1.29 is 43.5 Å². The average molecular weight is 408 g/mol. The number of hydrogen-bond donors (Lipinski definition) is 2. The molecule has 6 rings (SSSR count). The van der Waals surface area contributed by atoms with E-state index < -0.39 is 70.5 Å². The van der Waals surface area contributed by atoms with E-state index in [-0.39, 0.29) is 17.8 Å². The molecule has 2 aliphatic carbocycles. The van der Waals surface area contributed by atoms with Crippen LogP contribution >= 0.6 is 0 Å². The smallest absolute Gasteiger partial charge is 0.342 e. The van der Waals surface area contributed by atoms with Crippen LogP contribution < -0.4 is 0 Å². The van der Waals surface area contributed by atoms with E-state index in [2.05, 4.69) is 0 Å². The minimum absolute atomic E-state index is 0.0623. The van der Waals surface area contributed by atoms with E-state index in [9.17, 15) is 24.6 Å². The van der Waals surface area contributed by atoms with E-state index in [1.54, 1.807) is 0 Å². The molecule has 29 heavy (non-hydrogen) atoms. The molecule has 0 radical (unpaired) electrons. The number of aliphatic hydroxyl groups excluding tert-OH is 1. The molecule has 6 fully saturated rings. The van der Waals surface area contributed by atoms with Crippen LogP contribution in [-0.2, 0) is 33.3 Å². The molecule has 0 amide bonds. The van der Waals surface area contributed by atoms with Gasteiger partial charge in [0.15, 0.2) is 11.7 Å². The van der Waals surface area contributed by atoms with Gasteiger partial charge in [-0.25, -0.2) is 9.59 Å². The summed E-state index contributed by atoms with van der Waals surface area (Å²) < 4.78 is 22.9. The summed E-state index contributed by atoms with van der Waals surface area (Å²) in [6, 6.07) is 0. The number of hydrogen-bond acceptors (Lipinski definition) is 9. The van der Waals surface area contributed by atoms with Crippen molar-refractivity contribution in [2.24, 2.45) is 28.1 Å². The molecular weight excluding hydrogens is 384 g/mol. The van der Waals surface area contributed by atoms with Crippen molar-refractivity contribution in [1.82, 2.24) is 0 Å². The first-order chi connectivity index (χ1) is 13.4. The highest BCUT2D eigenvalue weighted by molar-refractivity contribution is 5.93. The van der Waals surface area contributed by atoms with Crippen LogP contribution in [-0.4, -0.2) is 63.9 Å². The largest absolute Gasteiger partial charge is 0.459 e. The van der Waals surface area contributed by atoms with Crippen LogP contribution in [0.1, 0.15) is 40.5 Å².